The fourth-order valence-corrected chi connectivity index (χ4v) is 3.37. The van der Waals surface area contributed by atoms with E-state index in [1.807, 2.05) is 24.3 Å². The molecule has 1 aliphatic rings. The lowest BCUT2D eigenvalue weighted by atomic mass is 9.79. The Morgan fingerprint density at radius 2 is 1.50 bits per heavy atom. The monoisotopic (exact) mass is 392 g/mol. The first kappa shape index (κ1) is 22.2. The topological polar surface area (TPSA) is 71.1 Å². The van der Waals surface area contributed by atoms with Crippen molar-refractivity contribution in [2.45, 2.75) is 58.7 Å². The molecular formula is C22H32O6. The molecule has 1 fully saturated rings. The Hall–Kier alpha value is -2.08. The maximum atomic E-state index is 13.0. The van der Waals surface area contributed by atoms with Gasteiger partial charge in [-0.25, -0.2) is 0 Å². The highest BCUT2D eigenvalue weighted by Gasteiger charge is 2.47. The molecule has 0 bridgehead atoms. The standard InChI is InChI=1S/C22H32O6/c1-21(2,3)27-19(23)18(20(24)28-22(4,5)6)16-13-26-12-15(16)14-10-8-9-11-17(14)25-7/h8-11,15-16,18H,12-13H2,1-7H3. The molecule has 156 valence electrons. The van der Waals surface area contributed by atoms with E-state index in [2.05, 4.69) is 0 Å². The summed E-state index contributed by atoms with van der Waals surface area (Å²) in [6, 6.07) is 7.59. The molecule has 0 spiro atoms. The quantitative estimate of drug-likeness (QED) is 0.562. The fraction of sp³-hybridized carbons (Fsp3) is 0.636. The molecule has 0 aromatic heterocycles. The van der Waals surface area contributed by atoms with Gasteiger partial charge in [-0.15, -0.1) is 0 Å². The highest BCUT2D eigenvalue weighted by Crippen LogP contribution is 2.41. The second kappa shape index (κ2) is 8.52. The van der Waals surface area contributed by atoms with Crippen molar-refractivity contribution in [2.75, 3.05) is 20.3 Å². The SMILES string of the molecule is COc1ccccc1C1COCC1C(C(=O)OC(C)(C)C)C(=O)OC(C)(C)C. The van der Waals surface area contributed by atoms with Crippen LogP contribution in [0.2, 0.25) is 0 Å². The summed E-state index contributed by atoms with van der Waals surface area (Å²) in [6.45, 7) is 11.3. The van der Waals surface area contributed by atoms with Crippen molar-refractivity contribution >= 4 is 11.9 Å². The zero-order valence-electron chi connectivity index (χ0n) is 17.9. The first-order valence-corrected chi connectivity index (χ1v) is 9.59. The molecular weight excluding hydrogens is 360 g/mol. The second-order valence-corrected chi connectivity index (χ2v) is 9.09. The van der Waals surface area contributed by atoms with Crippen LogP contribution in [0.3, 0.4) is 0 Å². The molecule has 6 nitrogen and oxygen atoms in total. The minimum Gasteiger partial charge on any atom is -0.496 e. The Labute approximate surface area is 167 Å². The van der Waals surface area contributed by atoms with E-state index in [0.717, 1.165) is 5.56 Å². The number of para-hydroxylation sites is 1. The number of methoxy groups -OCH3 is 1. The van der Waals surface area contributed by atoms with Gasteiger partial charge in [0.2, 0.25) is 0 Å². The summed E-state index contributed by atoms with van der Waals surface area (Å²) in [4.78, 5) is 26.0. The average molecular weight is 392 g/mol. The van der Waals surface area contributed by atoms with E-state index >= 15 is 0 Å². The number of ether oxygens (including phenoxy) is 4. The van der Waals surface area contributed by atoms with Crippen LogP contribution in [0.4, 0.5) is 0 Å². The van der Waals surface area contributed by atoms with Gasteiger partial charge in [0.1, 0.15) is 17.0 Å². The van der Waals surface area contributed by atoms with E-state index in [1.165, 1.54) is 0 Å². The third kappa shape index (κ3) is 5.71. The van der Waals surface area contributed by atoms with Gasteiger partial charge < -0.3 is 18.9 Å². The fourth-order valence-electron chi connectivity index (χ4n) is 3.37. The van der Waals surface area contributed by atoms with Gasteiger partial charge in [-0.05, 0) is 53.2 Å². The number of rotatable bonds is 5. The van der Waals surface area contributed by atoms with Crippen molar-refractivity contribution in [3.63, 3.8) is 0 Å². The summed E-state index contributed by atoms with van der Waals surface area (Å²) in [5.41, 5.74) is -0.516. The lowest BCUT2D eigenvalue weighted by Crippen LogP contribution is -2.42. The lowest BCUT2D eigenvalue weighted by Gasteiger charge is -2.30. The molecule has 0 saturated carbocycles. The van der Waals surface area contributed by atoms with E-state index in [4.69, 9.17) is 18.9 Å². The molecule has 2 rings (SSSR count). The molecule has 1 heterocycles. The van der Waals surface area contributed by atoms with Crippen LogP contribution < -0.4 is 4.74 Å². The van der Waals surface area contributed by atoms with E-state index in [1.54, 1.807) is 48.7 Å². The van der Waals surface area contributed by atoms with Gasteiger partial charge in [0.25, 0.3) is 0 Å². The lowest BCUT2D eigenvalue weighted by molar-refractivity contribution is -0.177. The molecule has 1 aromatic rings. The molecule has 0 radical (unpaired) electrons. The van der Waals surface area contributed by atoms with Crippen LogP contribution in [0.25, 0.3) is 0 Å². The maximum absolute atomic E-state index is 13.0. The first-order chi connectivity index (χ1) is 12.9. The zero-order valence-corrected chi connectivity index (χ0v) is 17.9. The molecule has 0 amide bonds. The number of carbonyl (C=O) groups is 2. The van der Waals surface area contributed by atoms with Gasteiger partial charge in [-0.3, -0.25) is 9.59 Å². The van der Waals surface area contributed by atoms with Crippen LogP contribution in [0.15, 0.2) is 24.3 Å². The molecule has 2 unspecified atom stereocenters. The molecule has 6 heteroatoms. The molecule has 1 aliphatic heterocycles. The summed E-state index contributed by atoms with van der Waals surface area (Å²) in [5, 5.41) is 0. The summed E-state index contributed by atoms with van der Waals surface area (Å²) >= 11 is 0. The minimum atomic E-state index is -1.07. The Kier molecular flexibility index (Phi) is 6.75. The maximum Gasteiger partial charge on any atom is 0.321 e. The van der Waals surface area contributed by atoms with Gasteiger partial charge in [0.15, 0.2) is 5.92 Å². The Morgan fingerprint density at radius 1 is 0.964 bits per heavy atom. The van der Waals surface area contributed by atoms with Crippen LogP contribution >= 0.6 is 0 Å². The van der Waals surface area contributed by atoms with E-state index < -0.39 is 35.0 Å². The van der Waals surface area contributed by atoms with Crippen molar-refractivity contribution in [3.05, 3.63) is 29.8 Å². The van der Waals surface area contributed by atoms with Crippen molar-refractivity contribution in [2.24, 2.45) is 11.8 Å². The molecule has 1 saturated heterocycles. The van der Waals surface area contributed by atoms with Crippen molar-refractivity contribution < 1.29 is 28.5 Å². The van der Waals surface area contributed by atoms with Gasteiger partial charge in [0, 0.05) is 11.8 Å². The third-order valence-electron chi connectivity index (χ3n) is 4.41. The van der Waals surface area contributed by atoms with Gasteiger partial charge in [-0.2, -0.15) is 0 Å². The number of hydrogen-bond acceptors (Lipinski definition) is 6. The predicted octanol–water partition coefficient (Wildman–Crippen LogP) is 3.72. The second-order valence-electron chi connectivity index (χ2n) is 9.09. The summed E-state index contributed by atoms with van der Waals surface area (Å²) < 4.78 is 22.3. The number of hydrogen-bond donors (Lipinski definition) is 0. The van der Waals surface area contributed by atoms with Crippen molar-refractivity contribution in [1.82, 2.24) is 0 Å². The molecule has 1 aromatic carbocycles. The average Bonchev–Trinajstić information content (AvgIpc) is 3.00. The summed E-state index contributed by atoms with van der Waals surface area (Å²) in [6.07, 6.45) is 0. The van der Waals surface area contributed by atoms with Gasteiger partial charge >= 0.3 is 11.9 Å². The van der Waals surface area contributed by atoms with Gasteiger partial charge in [0.05, 0.1) is 20.3 Å². The molecule has 0 N–H and O–H groups in total. The Bertz CT molecular complexity index is 670. The van der Waals surface area contributed by atoms with Crippen LogP contribution in [0, 0.1) is 11.8 Å². The van der Waals surface area contributed by atoms with Crippen molar-refractivity contribution in [1.29, 1.82) is 0 Å². The Balaban J connectivity index is 2.40. The van der Waals surface area contributed by atoms with Crippen LogP contribution in [-0.4, -0.2) is 43.5 Å². The van der Waals surface area contributed by atoms with Gasteiger partial charge in [-0.1, -0.05) is 18.2 Å². The smallest absolute Gasteiger partial charge is 0.321 e. The summed E-state index contributed by atoms with van der Waals surface area (Å²) in [7, 11) is 1.60. The predicted molar refractivity (Wildman–Crippen MR) is 105 cm³/mol. The highest BCUT2D eigenvalue weighted by molar-refractivity contribution is 5.95. The minimum absolute atomic E-state index is 0.179. The number of esters is 2. The third-order valence-corrected chi connectivity index (χ3v) is 4.41. The normalized spacial score (nSPS) is 20.1. The number of benzene rings is 1. The van der Waals surface area contributed by atoms with E-state index in [-0.39, 0.29) is 12.5 Å². The molecule has 28 heavy (non-hydrogen) atoms. The highest BCUT2D eigenvalue weighted by atomic mass is 16.6. The molecule has 2 atom stereocenters. The molecule has 0 aliphatic carbocycles. The largest absolute Gasteiger partial charge is 0.496 e. The van der Waals surface area contributed by atoms with E-state index in [9.17, 15) is 9.59 Å². The number of carbonyl (C=O) groups excluding carboxylic acids is 2. The zero-order chi connectivity index (χ0) is 21.1. The first-order valence-electron chi connectivity index (χ1n) is 9.59. The Morgan fingerprint density at radius 3 is 2.00 bits per heavy atom. The van der Waals surface area contributed by atoms with Crippen molar-refractivity contribution in [3.8, 4) is 5.75 Å². The van der Waals surface area contributed by atoms with Crippen LogP contribution in [-0.2, 0) is 23.8 Å². The van der Waals surface area contributed by atoms with Crippen LogP contribution in [0.5, 0.6) is 5.75 Å². The van der Waals surface area contributed by atoms with E-state index in [0.29, 0.717) is 12.4 Å². The summed E-state index contributed by atoms with van der Waals surface area (Å²) in [5.74, 6) is -2.12. The van der Waals surface area contributed by atoms with Crippen LogP contribution in [0.1, 0.15) is 53.0 Å².